The van der Waals surface area contributed by atoms with E-state index in [0.29, 0.717) is 14.5 Å². The molecular weight excluding hydrogens is 364 g/mol. The third kappa shape index (κ3) is 2.60. The van der Waals surface area contributed by atoms with Gasteiger partial charge in [0.2, 0.25) is 0 Å². The van der Waals surface area contributed by atoms with Crippen molar-refractivity contribution in [1.29, 1.82) is 0 Å². The van der Waals surface area contributed by atoms with E-state index in [2.05, 4.69) is 41.9 Å². The van der Waals surface area contributed by atoms with Crippen molar-refractivity contribution in [2.75, 3.05) is 6.61 Å². The lowest BCUT2D eigenvalue weighted by molar-refractivity contribution is -0.104. The maximum absolute atomic E-state index is 13.7. The highest BCUT2D eigenvalue weighted by atomic mass is 79.9. The van der Waals surface area contributed by atoms with E-state index in [1.54, 1.807) is 12.1 Å². The Balaban J connectivity index is 2.42. The number of ether oxygens (including phenoxy) is 1. The van der Waals surface area contributed by atoms with Crippen LogP contribution in [0.1, 0.15) is 11.6 Å². The van der Waals surface area contributed by atoms with E-state index >= 15 is 0 Å². The van der Waals surface area contributed by atoms with Crippen molar-refractivity contribution in [1.82, 2.24) is 5.32 Å². The molecule has 0 unspecified atom stereocenters. The largest absolute Gasteiger partial charge is 0.443 e. The van der Waals surface area contributed by atoms with Gasteiger partial charge in [-0.1, -0.05) is 31.9 Å². The summed E-state index contributed by atoms with van der Waals surface area (Å²) in [5.74, 6) is -3.14. The molecule has 0 aliphatic carbocycles. The van der Waals surface area contributed by atoms with Crippen LogP contribution in [0.2, 0.25) is 0 Å². The molecule has 0 spiro atoms. The second-order valence-corrected chi connectivity index (χ2v) is 5.35. The number of alkyl halides is 2. The summed E-state index contributed by atoms with van der Waals surface area (Å²) >= 11 is 6.40. The molecule has 7 heteroatoms. The molecule has 1 heterocycles. The van der Waals surface area contributed by atoms with Crippen molar-refractivity contribution in [3.8, 4) is 0 Å². The molecule has 1 atom stereocenters. The summed E-state index contributed by atoms with van der Waals surface area (Å²) in [7, 11) is 0. The molecular formula is C10H7Br2F2NO2. The van der Waals surface area contributed by atoms with Gasteiger partial charge in [-0.15, -0.1) is 0 Å². The topological polar surface area (TPSA) is 38.3 Å². The molecule has 1 saturated heterocycles. The molecule has 1 fully saturated rings. The van der Waals surface area contributed by atoms with Gasteiger partial charge in [-0.05, 0) is 23.8 Å². The Kier molecular flexibility index (Phi) is 3.40. The zero-order chi connectivity index (χ0) is 12.6. The van der Waals surface area contributed by atoms with Crippen LogP contribution in [0.5, 0.6) is 0 Å². The minimum absolute atomic E-state index is 0.307. The first-order valence-electron chi connectivity index (χ1n) is 4.66. The monoisotopic (exact) mass is 369 g/mol. The molecule has 0 saturated carbocycles. The Morgan fingerprint density at radius 1 is 1.41 bits per heavy atom. The molecule has 1 aliphatic rings. The second kappa shape index (κ2) is 4.53. The summed E-state index contributed by atoms with van der Waals surface area (Å²) in [5.41, 5.74) is 0.307. The number of hydrogen-bond donors (Lipinski definition) is 1. The molecule has 0 radical (unpaired) electrons. The molecule has 1 aromatic rings. The van der Waals surface area contributed by atoms with Crippen LogP contribution in [0.4, 0.5) is 13.6 Å². The highest BCUT2D eigenvalue weighted by Crippen LogP contribution is 2.38. The zero-order valence-corrected chi connectivity index (χ0v) is 11.5. The molecule has 1 aromatic carbocycles. The van der Waals surface area contributed by atoms with Crippen molar-refractivity contribution in [2.24, 2.45) is 0 Å². The van der Waals surface area contributed by atoms with Gasteiger partial charge in [0.1, 0.15) is 6.04 Å². The first-order chi connectivity index (χ1) is 7.90. The average Bonchev–Trinajstić information content (AvgIpc) is 2.26. The third-order valence-corrected chi connectivity index (χ3v) is 3.56. The SMILES string of the molecule is O=C1N[C@@H](c2cc(Br)ccc2Br)C(F)(F)CO1. The number of alkyl carbamates (subject to hydrolysis) is 1. The highest BCUT2D eigenvalue weighted by Gasteiger charge is 2.47. The number of hydrogen-bond acceptors (Lipinski definition) is 2. The van der Waals surface area contributed by atoms with Gasteiger partial charge in [-0.25, -0.2) is 13.6 Å². The quantitative estimate of drug-likeness (QED) is 0.819. The van der Waals surface area contributed by atoms with E-state index in [0.717, 1.165) is 0 Å². The summed E-state index contributed by atoms with van der Waals surface area (Å²) in [6.07, 6.45) is -0.840. The number of carbonyl (C=O) groups excluding carboxylic acids is 1. The normalized spacial score (nSPS) is 22.8. The van der Waals surface area contributed by atoms with Gasteiger partial charge >= 0.3 is 12.0 Å². The van der Waals surface area contributed by atoms with Gasteiger partial charge in [0.15, 0.2) is 6.61 Å². The minimum atomic E-state index is -3.14. The lowest BCUT2D eigenvalue weighted by Crippen LogP contribution is -2.49. The second-order valence-electron chi connectivity index (χ2n) is 3.58. The van der Waals surface area contributed by atoms with Gasteiger partial charge in [0.05, 0.1) is 0 Å². The Morgan fingerprint density at radius 2 is 2.12 bits per heavy atom. The number of carbonyl (C=O) groups is 1. The number of nitrogens with one attached hydrogen (secondary N) is 1. The van der Waals surface area contributed by atoms with E-state index in [-0.39, 0.29) is 0 Å². The molecule has 2 rings (SSSR count). The lowest BCUT2D eigenvalue weighted by Gasteiger charge is -2.32. The van der Waals surface area contributed by atoms with E-state index in [1.165, 1.54) is 6.07 Å². The number of halogens is 4. The Morgan fingerprint density at radius 3 is 2.82 bits per heavy atom. The summed E-state index contributed by atoms with van der Waals surface area (Å²) in [6.45, 7) is -0.914. The van der Waals surface area contributed by atoms with Crippen molar-refractivity contribution < 1.29 is 18.3 Å². The number of amides is 1. The van der Waals surface area contributed by atoms with Crippen LogP contribution >= 0.6 is 31.9 Å². The van der Waals surface area contributed by atoms with E-state index in [4.69, 9.17) is 0 Å². The number of rotatable bonds is 1. The predicted molar refractivity (Wildman–Crippen MR) is 64.0 cm³/mol. The van der Waals surface area contributed by atoms with Crippen LogP contribution in [0, 0.1) is 0 Å². The third-order valence-electron chi connectivity index (χ3n) is 2.35. The molecule has 17 heavy (non-hydrogen) atoms. The van der Waals surface area contributed by atoms with Crippen LogP contribution in [0.3, 0.4) is 0 Å². The van der Waals surface area contributed by atoms with Crippen molar-refractivity contribution in [3.63, 3.8) is 0 Å². The van der Waals surface area contributed by atoms with E-state index in [1.807, 2.05) is 0 Å². The fraction of sp³-hybridized carbons (Fsp3) is 0.300. The smallest absolute Gasteiger partial charge is 0.408 e. The van der Waals surface area contributed by atoms with Crippen molar-refractivity contribution in [3.05, 3.63) is 32.7 Å². The van der Waals surface area contributed by atoms with Gasteiger partial charge in [0, 0.05) is 8.95 Å². The lowest BCUT2D eigenvalue weighted by atomic mass is 10.0. The maximum atomic E-state index is 13.7. The first kappa shape index (κ1) is 12.8. The molecule has 1 aliphatic heterocycles. The van der Waals surface area contributed by atoms with Gasteiger partial charge in [-0.3, -0.25) is 0 Å². The standard InChI is InChI=1S/C10H7Br2F2NO2/c11-5-1-2-7(12)6(3-5)8-10(13,14)4-17-9(16)15-8/h1-3,8H,4H2,(H,15,16)/t8-/m0/s1. The molecule has 1 N–H and O–H groups in total. The molecule has 1 amide bonds. The van der Waals surface area contributed by atoms with E-state index in [9.17, 15) is 13.6 Å². The fourth-order valence-electron chi connectivity index (χ4n) is 1.55. The summed E-state index contributed by atoms with van der Waals surface area (Å²) < 4.78 is 32.8. The molecule has 92 valence electrons. The van der Waals surface area contributed by atoms with Gasteiger partial charge in [0.25, 0.3) is 0 Å². The summed E-state index contributed by atoms with van der Waals surface area (Å²) in [6, 6.07) is 3.49. The van der Waals surface area contributed by atoms with Crippen molar-refractivity contribution in [2.45, 2.75) is 12.0 Å². The van der Waals surface area contributed by atoms with Gasteiger partial charge < -0.3 is 10.1 Å². The number of benzene rings is 1. The van der Waals surface area contributed by atoms with Crippen LogP contribution in [-0.2, 0) is 4.74 Å². The molecule has 3 nitrogen and oxygen atoms in total. The fourth-order valence-corrected chi connectivity index (χ4v) is 2.41. The zero-order valence-electron chi connectivity index (χ0n) is 8.34. The van der Waals surface area contributed by atoms with Crippen LogP contribution < -0.4 is 5.32 Å². The van der Waals surface area contributed by atoms with E-state index < -0.39 is 24.7 Å². The van der Waals surface area contributed by atoms with Gasteiger partial charge in [-0.2, -0.15) is 0 Å². The van der Waals surface area contributed by atoms with Crippen molar-refractivity contribution >= 4 is 38.0 Å². The highest BCUT2D eigenvalue weighted by molar-refractivity contribution is 9.11. The first-order valence-corrected chi connectivity index (χ1v) is 6.25. The Hall–Kier alpha value is -0.690. The summed E-state index contributed by atoms with van der Waals surface area (Å²) in [5, 5.41) is 2.13. The number of cyclic esters (lactones) is 1. The molecule has 0 aromatic heterocycles. The predicted octanol–water partition coefficient (Wildman–Crippen LogP) is 3.63. The Labute approximate surface area is 113 Å². The van der Waals surface area contributed by atoms with Crippen LogP contribution in [0.15, 0.2) is 27.1 Å². The van der Waals surface area contributed by atoms with Crippen LogP contribution in [0.25, 0.3) is 0 Å². The minimum Gasteiger partial charge on any atom is -0.443 e. The maximum Gasteiger partial charge on any atom is 0.408 e. The summed E-state index contributed by atoms with van der Waals surface area (Å²) in [4.78, 5) is 11.0. The van der Waals surface area contributed by atoms with Crippen LogP contribution in [-0.4, -0.2) is 18.6 Å². The molecule has 0 bridgehead atoms. The Bertz CT molecular complexity index is 468. The average molecular weight is 371 g/mol.